The van der Waals surface area contributed by atoms with Crippen LogP contribution in [-0.2, 0) is 16.6 Å². The molecule has 0 fully saturated rings. The monoisotopic (exact) mass is 317 g/mol. The first-order valence-electron chi connectivity index (χ1n) is 6.41. The molecule has 2 rings (SSSR count). The first-order chi connectivity index (χ1) is 10.4. The van der Waals surface area contributed by atoms with Crippen LogP contribution in [0.2, 0.25) is 0 Å². The van der Waals surface area contributed by atoms with Crippen molar-refractivity contribution >= 4 is 16.0 Å². The summed E-state index contributed by atoms with van der Waals surface area (Å²) in [5, 5.41) is 8.72. The van der Waals surface area contributed by atoms with Gasteiger partial charge in [0.2, 0.25) is 16.0 Å². The lowest BCUT2D eigenvalue weighted by atomic mass is 10.2. The molecular formula is C14H15N5O2S. The first-order valence-corrected chi connectivity index (χ1v) is 7.90. The molecule has 1 aromatic carbocycles. The molecule has 0 amide bonds. The van der Waals surface area contributed by atoms with Crippen LogP contribution in [0.25, 0.3) is 0 Å². The molecule has 0 aliphatic carbocycles. The van der Waals surface area contributed by atoms with Crippen LogP contribution in [0.4, 0.5) is 5.95 Å². The average Bonchev–Trinajstić information content (AvgIpc) is 2.53. The highest BCUT2D eigenvalue weighted by Gasteiger charge is 2.14. The third-order valence-corrected chi connectivity index (χ3v) is 4.25. The van der Waals surface area contributed by atoms with Crippen LogP contribution in [-0.4, -0.2) is 32.5 Å². The zero-order valence-corrected chi connectivity index (χ0v) is 13.0. The molecule has 7 nitrogen and oxygen atoms in total. The zero-order valence-electron chi connectivity index (χ0n) is 12.2. The van der Waals surface area contributed by atoms with Gasteiger partial charge in [-0.25, -0.2) is 23.1 Å². The van der Waals surface area contributed by atoms with Gasteiger partial charge in [0.1, 0.15) is 0 Å². The molecule has 0 saturated heterocycles. The van der Waals surface area contributed by atoms with E-state index in [1.807, 2.05) is 6.07 Å². The molecule has 0 unspecified atom stereocenters. The van der Waals surface area contributed by atoms with Crippen LogP contribution in [0.1, 0.15) is 11.3 Å². The molecular weight excluding hydrogens is 302 g/mol. The molecule has 0 radical (unpaired) electrons. The van der Waals surface area contributed by atoms with Gasteiger partial charge >= 0.3 is 0 Å². The van der Waals surface area contributed by atoms with Crippen molar-refractivity contribution in [3.8, 4) is 6.07 Å². The number of hydrogen-bond donors (Lipinski definition) is 1. The lowest BCUT2D eigenvalue weighted by Crippen LogP contribution is -2.24. The molecule has 1 N–H and O–H groups in total. The predicted molar refractivity (Wildman–Crippen MR) is 81.5 cm³/mol. The number of benzene rings is 1. The van der Waals surface area contributed by atoms with Gasteiger partial charge in [0.15, 0.2) is 0 Å². The van der Waals surface area contributed by atoms with Crippen molar-refractivity contribution in [2.45, 2.75) is 11.4 Å². The van der Waals surface area contributed by atoms with Crippen molar-refractivity contribution in [1.82, 2.24) is 14.7 Å². The van der Waals surface area contributed by atoms with Gasteiger partial charge in [0.25, 0.3) is 0 Å². The van der Waals surface area contributed by atoms with Gasteiger partial charge in [0, 0.05) is 20.3 Å². The van der Waals surface area contributed by atoms with E-state index < -0.39 is 10.0 Å². The van der Waals surface area contributed by atoms with Crippen LogP contribution < -0.4 is 9.62 Å². The molecule has 0 spiro atoms. The highest BCUT2D eigenvalue weighted by atomic mass is 32.2. The summed E-state index contributed by atoms with van der Waals surface area (Å²) in [6, 6.07) is 9.30. The van der Waals surface area contributed by atoms with E-state index in [0.29, 0.717) is 17.2 Å². The molecule has 0 aliphatic rings. The summed E-state index contributed by atoms with van der Waals surface area (Å²) < 4.78 is 26.8. The number of sulfonamides is 1. The van der Waals surface area contributed by atoms with Crippen LogP contribution in [0.3, 0.4) is 0 Å². The predicted octanol–water partition coefficient (Wildman–Crippen LogP) is 0.893. The largest absolute Gasteiger partial charge is 0.347 e. The highest BCUT2D eigenvalue weighted by Crippen LogP contribution is 2.11. The zero-order chi connectivity index (χ0) is 16.2. The van der Waals surface area contributed by atoms with Crippen molar-refractivity contribution in [3.63, 3.8) is 0 Å². The Bertz CT molecular complexity index is 795. The Morgan fingerprint density at radius 3 is 2.50 bits per heavy atom. The summed E-state index contributed by atoms with van der Waals surface area (Å²) in [7, 11) is -0.0388. The summed E-state index contributed by atoms with van der Waals surface area (Å²) in [6.07, 6.45) is 1.58. The molecule has 0 atom stereocenters. The van der Waals surface area contributed by atoms with Gasteiger partial charge in [-0.1, -0.05) is 0 Å². The first kappa shape index (κ1) is 15.9. The molecule has 22 heavy (non-hydrogen) atoms. The Morgan fingerprint density at radius 2 is 1.91 bits per heavy atom. The van der Waals surface area contributed by atoms with Gasteiger partial charge in [-0.2, -0.15) is 5.26 Å². The van der Waals surface area contributed by atoms with Crippen molar-refractivity contribution in [2.75, 3.05) is 19.0 Å². The van der Waals surface area contributed by atoms with E-state index in [1.54, 1.807) is 31.3 Å². The van der Waals surface area contributed by atoms with Crippen molar-refractivity contribution in [1.29, 1.82) is 5.26 Å². The van der Waals surface area contributed by atoms with Crippen molar-refractivity contribution in [2.24, 2.45) is 0 Å². The Morgan fingerprint density at radius 1 is 1.23 bits per heavy atom. The number of nitriles is 1. The molecule has 2 aromatic rings. The third-order valence-electron chi connectivity index (χ3n) is 2.84. The van der Waals surface area contributed by atoms with E-state index in [9.17, 15) is 8.42 Å². The van der Waals surface area contributed by atoms with Crippen molar-refractivity contribution in [3.05, 3.63) is 47.8 Å². The number of nitrogens with zero attached hydrogens (tertiary/aromatic N) is 4. The maximum Gasteiger partial charge on any atom is 0.240 e. The second-order valence-electron chi connectivity index (χ2n) is 4.70. The Hall–Kier alpha value is -2.50. The van der Waals surface area contributed by atoms with Gasteiger partial charge in [-0.05, 0) is 30.3 Å². The molecule has 114 valence electrons. The summed E-state index contributed by atoms with van der Waals surface area (Å²) in [5.41, 5.74) is 0.973. The van der Waals surface area contributed by atoms with Gasteiger partial charge in [0.05, 0.1) is 28.8 Å². The second-order valence-corrected chi connectivity index (χ2v) is 6.47. The lowest BCUT2D eigenvalue weighted by Gasteiger charge is -2.11. The topological polar surface area (TPSA) is 99.0 Å². The maximum absolute atomic E-state index is 12.2. The standard InChI is InChI=1S/C14H15N5O2S/c1-19(2)14-16-8-7-12(18-14)10-17-22(20,21)13-5-3-11(9-15)4-6-13/h3-8,17H,10H2,1-2H3. The van der Waals surface area contributed by atoms with Crippen LogP contribution in [0, 0.1) is 11.3 Å². The molecule has 8 heteroatoms. The normalized spacial score (nSPS) is 11.0. The minimum absolute atomic E-state index is 0.0612. The fraction of sp³-hybridized carbons (Fsp3) is 0.214. The van der Waals surface area contributed by atoms with Crippen LogP contribution in [0.5, 0.6) is 0 Å². The third kappa shape index (κ3) is 3.78. The summed E-state index contributed by atoms with van der Waals surface area (Å²) in [5.74, 6) is 0.509. The van der Waals surface area contributed by atoms with Crippen molar-refractivity contribution < 1.29 is 8.42 Å². The fourth-order valence-electron chi connectivity index (χ4n) is 1.66. The van der Waals surface area contributed by atoms with Crippen LogP contribution in [0.15, 0.2) is 41.4 Å². The smallest absolute Gasteiger partial charge is 0.240 e. The Balaban J connectivity index is 2.12. The van der Waals surface area contributed by atoms with E-state index in [1.165, 1.54) is 24.3 Å². The molecule has 0 saturated carbocycles. The average molecular weight is 317 g/mol. The number of anilines is 1. The minimum atomic E-state index is -3.65. The summed E-state index contributed by atoms with van der Waals surface area (Å²) in [4.78, 5) is 10.1. The van der Waals surface area contributed by atoms with Gasteiger partial charge < -0.3 is 4.90 Å². The molecule has 0 bridgehead atoms. The van der Waals surface area contributed by atoms with E-state index in [4.69, 9.17) is 5.26 Å². The molecule has 0 aliphatic heterocycles. The minimum Gasteiger partial charge on any atom is -0.347 e. The number of hydrogen-bond acceptors (Lipinski definition) is 6. The maximum atomic E-state index is 12.2. The van der Waals surface area contributed by atoms with E-state index >= 15 is 0 Å². The SMILES string of the molecule is CN(C)c1nccc(CNS(=O)(=O)c2ccc(C#N)cc2)n1. The van der Waals surface area contributed by atoms with E-state index in [0.717, 1.165) is 0 Å². The lowest BCUT2D eigenvalue weighted by molar-refractivity contribution is 0.580. The summed E-state index contributed by atoms with van der Waals surface area (Å²) in [6.45, 7) is 0.0612. The quantitative estimate of drug-likeness (QED) is 0.879. The van der Waals surface area contributed by atoms with Gasteiger partial charge in [-0.3, -0.25) is 0 Å². The highest BCUT2D eigenvalue weighted by molar-refractivity contribution is 7.89. The second kappa shape index (κ2) is 6.51. The van der Waals surface area contributed by atoms with E-state index in [2.05, 4.69) is 14.7 Å². The fourth-order valence-corrected chi connectivity index (χ4v) is 2.66. The van der Waals surface area contributed by atoms with Gasteiger partial charge in [-0.15, -0.1) is 0 Å². The molecule has 1 aromatic heterocycles. The number of nitrogens with one attached hydrogen (secondary N) is 1. The Kier molecular flexibility index (Phi) is 4.70. The Labute approximate surface area is 129 Å². The van der Waals surface area contributed by atoms with E-state index in [-0.39, 0.29) is 11.4 Å². The number of aromatic nitrogens is 2. The summed E-state index contributed by atoms with van der Waals surface area (Å²) >= 11 is 0. The van der Waals surface area contributed by atoms with Crippen LogP contribution >= 0.6 is 0 Å². The molecule has 1 heterocycles. The number of rotatable bonds is 5.